The first-order valence-corrected chi connectivity index (χ1v) is 7.18. The van der Waals surface area contributed by atoms with E-state index in [2.05, 4.69) is 30.8 Å². The largest absolute Gasteiger partial charge is 0.298 e. The molecule has 0 fully saturated rings. The van der Waals surface area contributed by atoms with Crippen LogP contribution >= 0.6 is 0 Å². The highest BCUT2D eigenvalue weighted by Crippen LogP contribution is 1.97. The number of rotatable bonds is 4. The molecule has 108 valence electrons. The Hall–Kier alpha value is -1.56. The zero-order valence-electron chi connectivity index (χ0n) is 13.2. The van der Waals surface area contributed by atoms with Gasteiger partial charge in [0.05, 0.1) is 11.8 Å². The molecule has 0 spiro atoms. The van der Waals surface area contributed by atoms with Crippen LogP contribution in [0.4, 0.5) is 0 Å². The zero-order valence-corrected chi connectivity index (χ0v) is 13.2. The third-order valence-electron chi connectivity index (χ3n) is 1.87. The Morgan fingerprint density at radius 1 is 1.32 bits per heavy atom. The molecule has 0 saturated carbocycles. The van der Waals surface area contributed by atoms with Crippen LogP contribution in [0.5, 0.6) is 0 Å². The molecule has 0 aliphatic heterocycles. The molecule has 0 radical (unpaired) electrons. The van der Waals surface area contributed by atoms with Gasteiger partial charge in [0.1, 0.15) is 0 Å². The van der Waals surface area contributed by atoms with Crippen molar-refractivity contribution < 1.29 is 4.79 Å². The summed E-state index contributed by atoms with van der Waals surface area (Å²) in [7, 11) is 0. The summed E-state index contributed by atoms with van der Waals surface area (Å²) in [6.07, 6.45) is 5.99. The first-order chi connectivity index (χ1) is 9.22. The van der Waals surface area contributed by atoms with Crippen molar-refractivity contribution in [3.05, 3.63) is 18.0 Å². The summed E-state index contributed by atoms with van der Waals surface area (Å²) < 4.78 is 1.78. The summed E-state index contributed by atoms with van der Waals surface area (Å²) >= 11 is 0. The number of aryl methyl sites for hydroxylation is 1. The van der Waals surface area contributed by atoms with Gasteiger partial charge in [-0.15, -0.1) is 11.8 Å². The Bertz CT molecular complexity index is 370. The first kappa shape index (κ1) is 19.8. The van der Waals surface area contributed by atoms with Crippen LogP contribution in [-0.2, 0) is 6.54 Å². The molecule has 1 heterocycles. The molecule has 1 aromatic heterocycles. The van der Waals surface area contributed by atoms with Gasteiger partial charge in [0.2, 0.25) is 0 Å². The maximum absolute atomic E-state index is 10.4. The highest BCUT2D eigenvalue weighted by molar-refractivity contribution is 5.73. The normalized spacial score (nSPS) is 8.37. The van der Waals surface area contributed by atoms with Crippen molar-refractivity contribution in [1.29, 1.82) is 0 Å². The number of hydrogen-bond acceptors (Lipinski definition) is 2. The fourth-order valence-electron chi connectivity index (χ4n) is 1.17. The quantitative estimate of drug-likeness (QED) is 0.464. The lowest BCUT2D eigenvalue weighted by Gasteiger charge is -1.96. The van der Waals surface area contributed by atoms with Crippen molar-refractivity contribution in [3.8, 4) is 11.8 Å². The summed E-state index contributed by atoms with van der Waals surface area (Å²) in [6, 6.07) is 0. The van der Waals surface area contributed by atoms with Crippen molar-refractivity contribution in [2.45, 2.75) is 60.9 Å². The van der Waals surface area contributed by atoms with Crippen LogP contribution in [0.15, 0.2) is 12.4 Å². The molecule has 1 rings (SSSR count). The molecule has 0 amide bonds. The lowest BCUT2D eigenvalue weighted by atomic mass is 10.2. The van der Waals surface area contributed by atoms with Crippen LogP contribution in [0, 0.1) is 17.8 Å². The Morgan fingerprint density at radius 2 is 1.95 bits per heavy atom. The van der Waals surface area contributed by atoms with Crippen LogP contribution in [0.2, 0.25) is 0 Å². The van der Waals surface area contributed by atoms with Gasteiger partial charge >= 0.3 is 0 Å². The number of nitrogens with zero attached hydrogens (tertiary/aromatic N) is 2. The van der Waals surface area contributed by atoms with Crippen molar-refractivity contribution in [3.63, 3.8) is 0 Å². The van der Waals surface area contributed by atoms with Gasteiger partial charge in [0.15, 0.2) is 6.29 Å². The van der Waals surface area contributed by atoms with Gasteiger partial charge in [-0.25, -0.2) is 0 Å². The molecular weight excluding hydrogens is 236 g/mol. The molecule has 0 bridgehead atoms. The number of carbonyl (C=O) groups is 1. The molecule has 3 nitrogen and oxygen atoms in total. The van der Waals surface area contributed by atoms with Crippen molar-refractivity contribution >= 4 is 6.29 Å². The summed E-state index contributed by atoms with van der Waals surface area (Å²) in [6.45, 7) is 13.0. The van der Waals surface area contributed by atoms with Gasteiger partial charge in [0, 0.05) is 25.1 Å². The number of carbonyl (C=O) groups excluding carboxylic acids is 1. The van der Waals surface area contributed by atoms with Crippen molar-refractivity contribution in [2.24, 2.45) is 5.92 Å². The van der Waals surface area contributed by atoms with E-state index in [1.165, 1.54) is 0 Å². The van der Waals surface area contributed by atoms with E-state index in [0.29, 0.717) is 11.5 Å². The van der Waals surface area contributed by atoms with E-state index in [0.717, 1.165) is 25.7 Å². The number of hydrogen-bond donors (Lipinski definition) is 0. The fourth-order valence-corrected chi connectivity index (χ4v) is 1.17. The monoisotopic (exact) mass is 264 g/mol. The van der Waals surface area contributed by atoms with Gasteiger partial charge in [-0.05, 0) is 6.42 Å². The molecule has 19 heavy (non-hydrogen) atoms. The predicted molar refractivity (Wildman–Crippen MR) is 82.2 cm³/mol. The van der Waals surface area contributed by atoms with Crippen molar-refractivity contribution in [2.75, 3.05) is 0 Å². The molecule has 0 saturated heterocycles. The average Bonchev–Trinajstić information content (AvgIpc) is 2.90. The highest BCUT2D eigenvalue weighted by Gasteiger charge is 1.95. The average molecular weight is 264 g/mol. The Kier molecular flexibility index (Phi) is 15.1. The van der Waals surface area contributed by atoms with Gasteiger partial charge < -0.3 is 0 Å². The SMILES string of the molecule is CC.CC.CC(C)C#CCCCn1cc(C=O)cn1. The minimum absolute atomic E-state index is 0.441. The van der Waals surface area contributed by atoms with Gasteiger partial charge in [-0.2, -0.15) is 5.10 Å². The summed E-state index contributed by atoms with van der Waals surface area (Å²) in [5, 5.41) is 4.06. The lowest BCUT2D eigenvalue weighted by molar-refractivity contribution is 0.112. The number of aromatic nitrogens is 2. The Balaban J connectivity index is 0. The maximum Gasteiger partial charge on any atom is 0.153 e. The van der Waals surface area contributed by atoms with E-state index in [1.54, 1.807) is 17.1 Å². The second kappa shape index (κ2) is 14.5. The lowest BCUT2D eigenvalue weighted by Crippen LogP contribution is -1.97. The minimum atomic E-state index is 0.441. The summed E-state index contributed by atoms with van der Waals surface area (Å²) in [5.74, 6) is 6.67. The van der Waals surface area contributed by atoms with Crippen molar-refractivity contribution in [1.82, 2.24) is 9.78 Å². The smallest absolute Gasteiger partial charge is 0.153 e. The molecule has 0 aliphatic carbocycles. The molecule has 0 unspecified atom stereocenters. The van der Waals surface area contributed by atoms with Gasteiger partial charge in [-0.3, -0.25) is 9.48 Å². The third-order valence-corrected chi connectivity index (χ3v) is 1.87. The maximum atomic E-state index is 10.4. The Morgan fingerprint density at radius 3 is 2.42 bits per heavy atom. The highest BCUT2D eigenvalue weighted by atomic mass is 16.1. The van der Waals surface area contributed by atoms with Crippen LogP contribution < -0.4 is 0 Å². The minimum Gasteiger partial charge on any atom is -0.298 e. The molecular formula is C16H28N2O. The molecule has 3 heteroatoms. The first-order valence-electron chi connectivity index (χ1n) is 7.18. The third kappa shape index (κ3) is 11.3. The molecule has 1 aromatic rings. The topological polar surface area (TPSA) is 34.9 Å². The molecule has 0 atom stereocenters. The van der Waals surface area contributed by atoms with E-state index >= 15 is 0 Å². The summed E-state index contributed by atoms with van der Waals surface area (Å²) in [5.41, 5.74) is 0.628. The second-order valence-corrected chi connectivity index (χ2v) is 3.73. The molecule has 0 aromatic carbocycles. The zero-order chi connectivity index (χ0) is 15.1. The standard InChI is InChI=1S/C12H16N2O.2C2H6/c1-11(2)6-4-3-5-7-14-9-12(10-15)8-13-14;2*1-2/h8-11H,3,5,7H2,1-2H3;2*1-2H3. The number of unbranched alkanes of at least 4 members (excludes halogenated alkanes) is 1. The second-order valence-electron chi connectivity index (χ2n) is 3.73. The van der Waals surface area contributed by atoms with Crippen LogP contribution in [0.1, 0.15) is 64.7 Å². The fraction of sp³-hybridized carbons (Fsp3) is 0.625. The number of aldehydes is 1. The van der Waals surface area contributed by atoms with E-state index in [-0.39, 0.29) is 0 Å². The van der Waals surface area contributed by atoms with Crippen LogP contribution in [0.3, 0.4) is 0 Å². The Labute approximate surface area is 118 Å². The molecule has 0 aliphatic rings. The molecule has 0 N–H and O–H groups in total. The van der Waals surface area contributed by atoms with E-state index in [4.69, 9.17) is 0 Å². The van der Waals surface area contributed by atoms with Crippen LogP contribution in [0.25, 0.3) is 0 Å². The van der Waals surface area contributed by atoms with E-state index in [9.17, 15) is 4.79 Å². The van der Waals surface area contributed by atoms with Gasteiger partial charge in [-0.1, -0.05) is 41.5 Å². The van der Waals surface area contributed by atoms with E-state index < -0.39 is 0 Å². The van der Waals surface area contributed by atoms with E-state index in [1.807, 2.05) is 27.7 Å². The van der Waals surface area contributed by atoms with Gasteiger partial charge in [0.25, 0.3) is 0 Å². The predicted octanol–water partition coefficient (Wildman–Crippen LogP) is 4.19. The van der Waals surface area contributed by atoms with Crippen LogP contribution in [-0.4, -0.2) is 16.1 Å². The summed E-state index contributed by atoms with van der Waals surface area (Å²) in [4.78, 5) is 10.4.